The fraction of sp³-hybridized carbons (Fsp3) is 0. The van der Waals surface area contributed by atoms with E-state index in [1.807, 2.05) is 16.8 Å². The van der Waals surface area contributed by atoms with E-state index in [1.165, 1.54) is 0 Å². The van der Waals surface area contributed by atoms with Gasteiger partial charge < -0.3 is 10.3 Å². The van der Waals surface area contributed by atoms with Crippen molar-refractivity contribution in [3.63, 3.8) is 0 Å². The number of carbonyl (C=O) groups excluding carboxylic acids is 1. The fourth-order valence-electron chi connectivity index (χ4n) is 2.27. The largest absolute Gasteiger partial charge is 0.336 e. The monoisotopic (exact) mass is 321 g/mol. The Hall–Kier alpha value is -3.06. The van der Waals surface area contributed by atoms with Crippen LogP contribution in [-0.4, -0.2) is 25.8 Å². The van der Waals surface area contributed by atoms with Crippen LogP contribution in [0.5, 0.6) is 0 Å². The second-order valence-corrected chi connectivity index (χ2v) is 5.63. The number of H-pyrrole nitrogens is 1. The molecule has 1 amide bonds. The van der Waals surface area contributed by atoms with Crippen molar-refractivity contribution in [2.24, 2.45) is 0 Å². The normalized spacial score (nSPS) is 10.8. The van der Waals surface area contributed by atoms with Gasteiger partial charge in [-0.05, 0) is 29.6 Å². The summed E-state index contributed by atoms with van der Waals surface area (Å²) in [6, 6.07) is 7.19. The van der Waals surface area contributed by atoms with Gasteiger partial charge in [-0.25, -0.2) is 9.97 Å². The zero-order valence-electron chi connectivity index (χ0n) is 11.9. The third-order valence-corrected chi connectivity index (χ3v) is 4.03. The second-order valence-electron chi connectivity index (χ2n) is 4.85. The average molecular weight is 321 g/mol. The number of pyridine rings is 2. The standard InChI is InChI=1S/C16H11N5OS/c22-16(19-11-2-1-5-17-8-11)12-3-6-18-15-13(12)20-14(21-15)10-4-7-23-9-10/h1-9H,(H,19,22)(H,18,20,21). The van der Waals surface area contributed by atoms with Crippen LogP contribution < -0.4 is 5.32 Å². The molecule has 0 aliphatic carbocycles. The topological polar surface area (TPSA) is 83.6 Å². The Morgan fingerprint density at radius 2 is 2.17 bits per heavy atom. The van der Waals surface area contributed by atoms with Crippen molar-refractivity contribution < 1.29 is 4.79 Å². The minimum atomic E-state index is -0.231. The predicted molar refractivity (Wildman–Crippen MR) is 89.4 cm³/mol. The van der Waals surface area contributed by atoms with Gasteiger partial charge in [-0.2, -0.15) is 11.3 Å². The summed E-state index contributed by atoms with van der Waals surface area (Å²) in [7, 11) is 0. The maximum atomic E-state index is 12.5. The second kappa shape index (κ2) is 5.62. The number of hydrogen-bond acceptors (Lipinski definition) is 5. The minimum Gasteiger partial charge on any atom is -0.336 e. The molecule has 0 aliphatic heterocycles. The van der Waals surface area contributed by atoms with Gasteiger partial charge in [0.15, 0.2) is 5.65 Å². The van der Waals surface area contributed by atoms with Crippen molar-refractivity contribution in [1.29, 1.82) is 0 Å². The van der Waals surface area contributed by atoms with Gasteiger partial charge in [0.1, 0.15) is 5.82 Å². The summed E-state index contributed by atoms with van der Waals surface area (Å²) in [4.78, 5) is 28.4. The minimum absolute atomic E-state index is 0.231. The molecule has 4 aromatic rings. The van der Waals surface area contributed by atoms with E-state index < -0.39 is 0 Å². The molecule has 6 nitrogen and oxygen atoms in total. The van der Waals surface area contributed by atoms with Gasteiger partial charge >= 0.3 is 0 Å². The Labute approximate surface area is 135 Å². The quantitative estimate of drug-likeness (QED) is 0.606. The highest BCUT2D eigenvalue weighted by Crippen LogP contribution is 2.23. The summed E-state index contributed by atoms with van der Waals surface area (Å²) >= 11 is 1.59. The Bertz CT molecular complexity index is 963. The molecule has 0 atom stereocenters. The molecular weight excluding hydrogens is 310 g/mol. The molecule has 4 aromatic heterocycles. The number of thiophene rings is 1. The molecule has 0 aliphatic rings. The predicted octanol–water partition coefficient (Wildman–Crippen LogP) is 3.33. The van der Waals surface area contributed by atoms with E-state index in [0.717, 1.165) is 5.56 Å². The average Bonchev–Trinajstić information content (AvgIpc) is 3.24. The first-order valence-corrected chi connectivity index (χ1v) is 7.84. The van der Waals surface area contributed by atoms with Crippen molar-refractivity contribution >= 4 is 34.1 Å². The van der Waals surface area contributed by atoms with Gasteiger partial charge in [-0.3, -0.25) is 9.78 Å². The molecule has 112 valence electrons. The van der Waals surface area contributed by atoms with Gasteiger partial charge in [0.2, 0.25) is 0 Å². The molecule has 0 unspecified atom stereocenters. The number of amides is 1. The van der Waals surface area contributed by atoms with Crippen molar-refractivity contribution in [2.45, 2.75) is 0 Å². The Balaban J connectivity index is 1.73. The third-order valence-electron chi connectivity index (χ3n) is 3.35. The zero-order valence-corrected chi connectivity index (χ0v) is 12.7. The molecule has 2 N–H and O–H groups in total. The number of aromatic amines is 1. The van der Waals surface area contributed by atoms with Crippen LogP contribution in [-0.2, 0) is 0 Å². The summed E-state index contributed by atoms with van der Waals surface area (Å²) in [6.45, 7) is 0. The molecule has 4 rings (SSSR count). The number of nitrogens with one attached hydrogen (secondary N) is 2. The van der Waals surface area contributed by atoms with Crippen LogP contribution in [0.1, 0.15) is 10.4 Å². The van der Waals surface area contributed by atoms with E-state index >= 15 is 0 Å². The zero-order chi connectivity index (χ0) is 15.6. The van der Waals surface area contributed by atoms with Crippen LogP contribution in [0.4, 0.5) is 5.69 Å². The summed E-state index contributed by atoms with van der Waals surface area (Å²) in [6.07, 6.45) is 4.83. The number of anilines is 1. The van der Waals surface area contributed by atoms with Gasteiger partial charge in [-0.1, -0.05) is 0 Å². The molecule has 0 saturated heterocycles. The lowest BCUT2D eigenvalue weighted by atomic mass is 10.2. The Kier molecular flexibility index (Phi) is 3.32. The summed E-state index contributed by atoms with van der Waals surface area (Å²) in [5.41, 5.74) is 3.25. The summed E-state index contributed by atoms with van der Waals surface area (Å²) < 4.78 is 0. The fourth-order valence-corrected chi connectivity index (χ4v) is 2.91. The van der Waals surface area contributed by atoms with Gasteiger partial charge in [0, 0.05) is 23.3 Å². The van der Waals surface area contributed by atoms with Crippen molar-refractivity contribution in [2.75, 3.05) is 5.32 Å². The SMILES string of the molecule is O=C(Nc1cccnc1)c1ccnc2nc(-c3ccsc3)[nH]c12. The van der Waals surface area contributed by atoms with E-state index in [-0.39, 0.29) is 5.91 Å². The summed E-state index contributed by atoms with van der Waals surface area (Å²) in [5, 5.41) is 6.79. The van der Waals surface area contributed by atoms with Crippen LogP contribution in [0.15, 0.2) is 53.6 Å². The number of hydrogen-bond donors (Lipinski definition) is 2. The van der Waals surface area contributed by atoms with E-state index in [0.29, 0.717) is 28.2 Å². The first kappa shape index (κ1) is 13.6. The van der Waals surface area contributed by atoms with Crippen molar-refractivity contribution in [1.82, 2.24) is 19.9 Å². The van der Waals surface area contributed by atoms with Crippen LogP contribution >= 0.6 is 11.3 Å². The maximum absolute atomic E-state index is 12.5. The maximum Gasteiger partial charge on any atom is 0.258 e. The molecule has 0 radical (unpaired) electrons. The van der Waals surface area contributed by atoms with Crippen LogP contribution in [0, 0.1) is 0 Å². The molecule has 4 heterocycles. The highest BCUT2D eigenvalue weighted by Gasteiger charge is 2.15. The number of rotatable bonds is 3. The highest BCUT2D eigenvalue weighted by atomic mass is 32.1. The van der Waals surface area contributed by atoms with Crippen molar-refractivity contribution in [3.05, 3.63) is 59.2 Å². The van der Waals surface area contributed by atoms with Gasteiger partial charge in [0.25, 0.3) is 5.91 Å². The first-order chi connectivity index (χ1) is 11.3. The molecular formula is C16H11N5OS. The van der Waals surface area contributed by atoms with E-state index in [4.69, 9.17) is 0 Å². The van der Waals surface area contributed by atoms with E-state index in [1.54, 1.807) is 48.1 Å². The van der Waals surface area contributed by atoms with Crippen LogP contribution in [0.3, 0.4) is 0 Å². The molecule has 0 bridgehead atoms. The number of aromatic nitrogens is 4. The number of imidazole rings is 1. The smallest absolute Gasteiger partial charge is 0.258 e. The van der Waals surface area contributed by atoms with Gasteiger partial charge in [-0.15, -0.1) is 0 Å². The Morgan fingerprint density at radius 1 is 1.22 bits per heavy atom. The lowest BCUT2D eigenvalue weighted by molar-refractivity contribution is 0.102. The van der Waals surface area contributed by atoms with E-state index in [2.05, 4.69) is 25.3 Å². The van der Waals surface area contributed by atoms with Gasteiger partial charge in [0.05, 0.1) is 23.0 Å². The molecule has 7 heteroatoms. The number of fused-ring (bicyclic) bond motifs is 1. The molecule has 0 spiro atoms. The third kappa shape index (κ3) is 2.58. The van der Waals surface area contributed by atoms with Crippen molar-refractivity contribution in [3.8, 4) is 11.4 Å². The van der Waals surface area contributed by atoms with Crippen LogP contribution in [0.2, 0.25) is 0 Å². The Morgan fingerprint density at radius 3 is 2.96 bits per heavy atom. The molecule has 0 aromatic carbocycles. The lowest BCUT2D eigenvalue weighted by Crippen LogP contribution is -2.12. The molecule has 0 fully saturated rings. The molecule has 0 saturated carbocycles. The van der Waals surface area contributed by atoms with E-state index in [9.17, 15) is 4.79 Å². The lowest BCUT2D eigenvalue weighted by Gasteiger charge is -2.04. The highest BCUT2D eigenvalue weighted by molar-refractivity contribution is 7.08. The van der Waals surface area contributed by atoms with Crippen LogP contribution in [0.25, 0.3) is 22.6 Å². The number of nitrogens with zero attached hydrogens (tertiary/aromatic N) is 3. The first-order valence-electron chi connectivity index (χ1n) is 6.90. The molecule has 23 heavy (non-hydrogen) atoms. The number of carbonyl (C=O) groups is 1. The summed E-state index contributed by atoms with van der Waals surface area (Å²) in [5.74, 6) is 0.473.